The van der Waals surface area contributed by atoms with Gasteiger partial charge in [0, 0.05) is 19.1 Å². The maximum absolute atomic E-state index is 12.8. The van der Waals surface area contributed by atoms with E-state index < -0.39 is 0 Å². The Kier molecular flexibility index (Phi) is 4.85. The first-order chi connectivity index (χ1) is 10.1. The van der Waals surface area contributed by atoms with Crippen LogP contribution in [0.5, 0.6) is 0 Å². The smallest absolute Gasteiger partial charge is 0.239 e. The number of carbonyl (C=O) groups is 1. The number of likely N-dealkylation sites (N-methyl/N-ethyl adjacent to an activating group) is 1. The standard InChI is InChI=1S/C17H31N3O/c1-19-11-9-14(10-12-19)20(2)17(21)16-8-7-13-5-3-4-6-15(13)18-16/h13-16,18H,3-12H2,1-2H3. The highest BCUT2D eigenvalue weighted by molar-refractivity contribution is 5.82. The van der Waals surface area contributed by atoms with Gasteiger partial charge in [-0.15, -0.1) is 0 Å². The van der Waals surface area contributed by atoms with Gasteiger partial charge in [-0.1, -0.05) is 12.8 Å². The van der Waals surface area contributed by atoms with E-state index in [2.05, 4.69) is 17.3 Å². The molecule has 0 spiro atoms. The van der Waals surface area contributed by atoms with Gasteiger partial charge in [-0.3, -0.25) is 4.79 Å². The molecule has 1 N–H and O–H groups in total. The lowest BCUT2D eigenvalue weighted by atomic mass is 9.77. The van der Waals surface area contributed by atoms with E-state index in [1.807, 2.05) is 11.9 Å². The molecule has 21 heavy (non-hydrogen) atoms. The van der Waals surface area contributed by atoms with Gasteiger partial charge in [-0.05, 0) is 64.6 Å². The highest BCUT2D eigenvalue weighted by Gasteiger charge is 2.36. The van der Waals surface area contributed by atoms with Crippen molar-refractivity contribution in [1.29, 1.82) is 0 Å². The van der Waals surface area contributed by atoms with E-state index in [-0.39, 0.29) is 6.04 Å². The van der Waals surface area contributed by atoms with Crippen LogP contribution in [0.4, 0.5) is 0 Å². The van der Waals surface area contributed by atoms with Crippen molar-refractivity contribution in [3.8, 4) is 0 Å². The lowest BCUT2D eigenvalue weighted by molar-refractivity contribution is -0.136. The fraction of sp³-hybridized carbons (Fsp3) is 0.941. The zero-order valence-electron chi connectivity index (χ0n) is 13.7. The summed E-state index contributed by atoms with van der Waals surface area (Å²) in [5, 5.41) is 3.68. The van der Waals surface area contributed by atoms with E-state index in [9.17, 15) is 4.79 Å². The van der Waals surface area contributed by atoms with Crippen molar-refractivity contribution in [2.45, 2.75) is 69.5 Å². The number of nitrogens with zero attached hydrogens (tertiary/aromatic N) is 2. The van der Waals surface area contributed by atoms with Crippen molar-refractivity contribution in [2.75, 3.05) is 27.2 Å². The van der Waals surface area contributed by atoms with E-state index in [1.54, 1.807) is 0 Å². The summed E-state index contributed by atoms with van der Waals surface area (Å²) in [6.45, 7) is 2.23. The molecular formula is C17H31N3O. The van der Waals surface area contributed by atoms with Crippen LogP contribution in [-0.4, -0.2) is 61.0 Å². The van der Waals surface area contributed by atoms with Gasteiger partial charge in [0.1, 0.15) is 0 Å². The van der Waals surface area contributed by atoms with Gasteiger partial charge < -0.3 is 15.1 Å². The number of likely N-dealkylation sites (tertiary alicyclic amines) is 1. The average molecular weight is 293 g/mol. The minimum absolute atomic E-state index is 0.0778. The third-order valence-corrected chi connectivity index (χ3v) is 6.03. The molecule has 3 aliphatic rings. The summed E-state index contributed by atoms with van der Waals surface area (Å²) < 4.78 is 0. The molecule has 3 fully saturated rings. The van der Waals surface area contributed by atoms with E-state index >= 15 is 0 Å². The number of rotatable bonds is 2. The number of piperidine rings is 2. The molecule has 1 aliphatic carbocycles. The molecule has 0 bridgehead atoms. The zero-order valence-corrected chi connectivity index (χ0v) is 13.7. The number of nitrogens with one attached hydrogen (secondary N) is 1. The molecule has 1 amide bonds. The second kappa shape index (κ2) is 6.66. The summed E-state index contributed by atoms with van der Waals surface area (Å²) in [7, 11) is 4.19. The van der Waals surface area contributed by atoms with Gasteiger partial charge in [-0.2, -0.15) is 0 Å². The summed E-state index contributed by atoms with van der Waals surface area (Å²) in [4.78, 5) is 17.2. The molecule has 0 aromatic rings. The van der Waals surface area contributed by atoms with Gasteiger partial charge in [0.05, 0.1) is 6.04 Å². The molecule has 2 saturated heterocycles. The first kappa shape index (κ1) is 15.3. The molecule has 0 radical (unpaired) electrons. The minimum atomic E-state index is 0.0778. The van der Waals surface area contributed by atoms with E-state index in [1.165, 1.54) is 32.1 Å². The molecule has 1 saturated carbocycles. The van der Waals surface area contributed by atoms with Crippen molar-refractivity contribution < 1.29 is 4.79 Å². The predicted molar refractivity (Wildman–Crippen MR) is 85.2 cm³/mol. The minimum Gasteiger partial charge on any atom is -0.341 e. The van der Waals surface area contributed by atoms with Gasteiger partial charge in [0.15, 0.2) is 0 Å². The van der Waals surface area contributed by atoms with Crippen LogP contribution in [0, 0.1) is 5.92 Å². The number of hydrogen-bond donors (Lipinski definition) is 1. The second-order valence-corrected chi connectivity index (χ2v) is 7.43. The number of carbonyl (C=O) groups excluding carboxylic acids is 1. The number of amides is 1. The van der Waals surface area contributed by atoms with Crippen molar-refractivity contribution in [1.82, 2.24) is 15.1 Å². The fourth-order valence-corrected chi connectivity index (χ4v) is 4.50. The van der Waals surface area contributed by atoms with E-state index in [0.717, 1.165) is 38.3 Å². The molecule has 4 heteroatoms. The molecule has 2 heterocycles. The summed E-state index contributed by atoms with van der Waals surface area (Å²) >= 11 is 0. The van der Waals surface area contributed by atoms with Crippen molar-refractivity contribution in [3.05, 3.63) is 0 Å². The first-order valence-corrected chi connectivity index (χ1v) is 8.86. The molecule has 4 nitrogen and oxygen atoms in total. The van der Waals surface area contributed by atoms with Gasteiger partial charge in [0.2, 0.25) is 5.91 Å². The second-order valence-electron chi connectivity index (χ2n) is 7.43. The maximum atomic E-state index is 12.8. The molecule has 3 atom stereocenters. The topological polar surface area (TPSA) is 35.6 Å². The molecule has 3 unspecified atom stereocenters. The van der Waals surface area contributed by atoms with Crippen LogP contribution >= 0.6 is 0 Å². The Hall–Kier alpha value is -0.610. The lowest BCUT2D eigenvalue weighted by Gasteiger charge is -2.42. The zero-order chi connectivity index (χ0) is 14.8. The Morgan fingerprint density at radius 3 is 2.52 bits per heavy atom. The first-order valence-electron chi connectivity index (χ1n) is 8.86. The molecule has 120 valence electrons. The summed E-state index contributed by atoms with van der Waals surface area (Å²) in [6.07, 6.45) is 9.88. The van der Waals surface area contributed by atoms with Crippen LogP contribution in [-0.2, 0) is 4.79 Å². The highest BCUT2D eigenvalue weighted by atomic mass is 16.2. The Morgan fingerprint density at radius 2 is 1.76 bits per heavy atom. The summed E-state index contributed by atoms with van der Waals surface area (Å²) in [6, 6.07) is 1.13. The van der Waals surface area contributed by atoms with Gasteiger partial charge in [-0.25, -0.2) is 0 Å². The summed E-state index contributed by atoms with van der Waals surface area (Å²) in [5.41, 5.74) is 0. The molecule has 0 aromatic heterocycles. The van der Waals surface area contributed by atoms with Gasteiger partial charge in [0.25, 0.3) is 0 Å². The predicted octanol–water partition coefficient (Wildman–Crippen LogP) is 1.85. The Bertz CT molecular complexity index is 365. The van der Waals surface area contributed by atoms with Crippen LogP contribution in [0.1, 0.15) is 51.4 Å². The van der Waals surface area contributed by atoms with Crippen LogP contribution in [0.3, 0.4) is 0 Å². The van der Waals surface area contributed by atoms with Crippen LogP contribution in [0.25, 0.3) is 0 Å². The average Bonchev–Trinajstić information content (AvgIpc) is 2.54. The largest absolute Gasteiger partial charge is 0.341 e. The lowest BCUT2D eigenvalue weighted by Crippen LogP contribution is -2.57. The van der Waals surface area contributed by atoms with E-state index in [0.29, 0.717) is 18.0 Å². The van der Waals surface area contributed by atoms with Crippen LogP contribution < -0.4 is 5.32 Å². The SMILES string of the molecule is CN1CCC(N(C)C(=O)C2CCC3CCCCC3N2)CC1. The van der Waals surface area contributed by atoms with Crippen molar-refractivity contribution in [3.63, 3.8) is 0 Å². The molecule has 0 aromatic carbocycles. The Labute approximate surface area is 129 Å². The van der Waals surface area contributed by atoms with Crippen molar-refractivity contribution in [2.24, 2.45) is 5.92 Å². The highest BCUT2D eigenvalue weighted by Crippen LogP contribution is 2.32. The van der Waals surface area contributed by atoms with Crippen LogP contribution in [0.2, 0.25) is 0 Å². The molecular weight excluding hydrogens is 262 g/mol. The quantitative estimate of drug-likeness (QED) is 0.844. The fourth-order valence-electron chi connectivity index (χ4n) is 4.50. The van der Waals surface area contributed by atoms with Crippen molar-refractivity contribution >= 4 is 5.91 Å². The van der Waals surface area contributed by atoms with Gasteiger partial charge >= 0.3 is 0 Å². The van der Waals surface area contributed by atoms with Crippen LogP contribution in [0.15, 0.2) is 0 Å². The third-order valence-electron chi connectivity index (χ3n) is 6.03. The Morgan fingerprint density at radius 1 is 1.05 bits per heavy atom. The molecule has 3 rings (SSSR count). The molecule has 2 aliphatic heterocycles. The monoisotopic (exact) mass is 293 g/mol. The number of hydrogen-bond acceptors (Lipinski definition) is 3. The Balaban J connectivity index is 1.54. The third kappa shape index (κ3) is 3.42. The summed E-state index contributed by atoms with van der Waals surface area (Å²) in [5.74, 6) is 1.17. The number of fused-ring (bicyclic) bond motifs is 1. The van der Waals surface area contributed by atoms with E-state index in [4.69, 9.17) is 0 Å². The maximum Gasteiger partial charge on any atom is 0.239 e. The normalized spacial score (nSPS) is 35.2.